The van der Waals surface area contributed by atoms with Crippen LogP contribution in [-0.2, 0) is 0 Å². The molecule has 0 atom stereocenters. The Morgan fingerprint density at radius 3 is 2.52 bits per heavy atom. The molecule has 1 amide bonds. The maximum Gasteiger partial charge on any atom is 0.290 e. The van der Waals surface area contributed by atoms with Crippen molar-refractivity contribution in [2.75, 3.05) is 6.54 Å². The Morgan fingerprint density at radius 2 is 1.90 bits per heavy atom. The molecule has 0 saturated carbocycles. The van der Waals surface area contributed by atoms with Gasteiger partial charge in [-0.1, -0.05) is 18.2 Å². The normalized spacial score (nSPS) is 10.6. The van der Waals surface area contributed by atoms with E-state index in [9.17, 15) is 4.79 Å². The van der Waals surface area contributed by atoms with E-state index in [-0.39, 0.29) is 30.0 Å². The molecular weight excluding hydrogens is 292 g/mol. The fourth-order valence-corrected chi connectivity index (χ4v) is 1.52. The van der Waals surface area contributed by atoms with Crippen LogP contribution in [-0.4, -0.2) is 18.0 Å². The van der Waals surface area contributed by atoms with Crippen molar-refractivity contribution < 1.29 is 13.9 Å². The number of ether oxygens (including phenoxy) is 1. The molecule has 2 rings (SSSR count). The number of benzene rings is 1. The standard InChI is InChI=1S/C15H18N2O3.ClH/c1-15(2,10-16)17-14(18)12-8-9-13(20-12)19-11-6-4-3-5-7-11;/h3-9H,10,16H2,1-2H3,(H,17,18);1H. The molecule has 0 aliphatic heterocycles. The molecule has 0 aliphatic rings. The molecule has 1 aromatic heterocycles. The van der Waals surface area contributed by atoms with Crippen molar-refractivity contribution in [3.8, 4) is 11.7 Å². The number of nitrogens with one attached hydrogen (secondary N) is 1. The second-order valence-corrected chi connectivity index (χ2v) is 5.08. The van der Waals surface area contributed by atoms with Crippen LogP contribution in [0.1, 0.15) is 24.4 Å². The first-order valence-corrected chi connectivity index (χ1v) is 6.35. The lowest BCUT2D eigenvalue weighted by Crippen LogP contribution is -2.48. The molecule has 0 spiro atoms. The molecular formula is C15H19ClN2O3. The Hall–Kier alpha value is -1.98. The number of hydrogen-bond donors (Lipinski definition) is 2. The number of furan rings is 1. The lowest BCUT2D eigenvalue weighted by molar-refractivity contribution is 0.0882. The highest BCUT2D eigenvalue weighted by Crippen LogP contribution is 2.23. The van der Waals surface area contributed by atoms with E-state index < -0.39 is 5.54 Å². The molecule has 21 heavy (non-hydrogen) atoms. The molecule has 0 saturated heterocycles. The van der Waals surface area contributed by atoms with Gasteiger partial charge < -0.3 is 20.2 Å². The quantitative estimate of drug-likeness (QED) is 0.890. The first-order chi connectivity index (χ1) is 9.50. The molecule has 0 radical (unpaired) electrons. The maximum atomic E-state index is 12.0. The van der Waals surface area contributed by atoms with Gasteiger partial charge in [0.05, 0.1) is 0 Å². The Balaban J connectivity index is 0.00000220. The average molecular weight is 311 g/mol. The predicted octanol–water partition coefficient (Wildman–Crippen LogP) is 2.96. The number of carbonyl (C=O) groups excluding carboxylic acids is 1. The van der Waals surface area contributed by atoms with Crippen LogP contribution < -0.4 is 15.8 Å². The summed E-state index contributed by atoms with van der Waals surface area (Å²) in [6.07, 6.45) is 0. The molecule has 114 valence electrons. The van der Waals surface area contributed by atoms with Gasteiger partial charge in [0.1, 0.15) is 5.75 Å². The predicted molar refractivity (Wildman–Crippen MR) is 83.1 cm³/mol. The van der Waals surface area contributed by atoms with Crippen LogP contribution in [0, 0.1) is 0 Å². The largest absolute Gasteiger partial charge is 0.426 e. The van der Waals surface area contributed by atoms with E-state index in [1.165, 1.54) is 0 Å². The van der Waals surface area contributed by atoms with Crippen LogP contribution in [0.4, 0.5) is 0 Å². The van der Waals surface area contributed by atoms with Crippen molar-refractivity contribution in [1.29, 1.82) is 0 Å². The average Bonchev–Trinajstić information content (AvgIpc) is 2.88. The van der Waals surface area contributed by atoms with Gasteiger partial charge in [-0.25, -0.2) is 0 Å². The van der Waals surface area contributed by atoms with E-state index in [4.69, 9.17) is 14.9 Å². The minimum atomic E-state index is -0.482. The SMILES string of the molecule is CC(C)(CN)NC(=O)c1ccc(Oc2ccccc2)o1.Cl. The highest BCUT2D eigenvalue weighted by atomic mass is 35.5. The van der Waals surface area contributed by atoms with E-state index >= 15 is 0 Å². The topological polar surface area (TPSA) is 77.5 Å². The first-order valence-electron chi connectivity index (χ1n) is 6.35. The Labute approximate surface area is 129 Å². The van der Waals surface area contributed by atoms with E-state index in [1.807, 2.05) is 32.0 Å². The molecule has 0 unspecified atom stereocenters. The Bertz CT molecular complexity index is 582. The summed E-state index contributed by atoms with van der Waals surface area (Å²) in [4.78, 5) is 12.0. The summed E-state index contributed by atoms with van der Waals surface area (Å²) in [7, 11) is 0. The van der Waals surface area contributed by atoms with Crippen molar-refractivity contribution in [2.24, 2.45) is 5.73 Å². The van der Waals surface area contributed by atoms with Gasteiger partial charge in [0, 0.05) is 18.2 Å². The molecule has 5 nitrogen and oxygen atoms in total. The van der Waals surface area contributed by atoms with Gasteiger partial charge in [0.15, 0.2) is 5.76 Å². The molecule has 1 aromatic carbocycles. The first kappa shape index (κ1) is 17.1. The van der Waals surface area contributed by atoms with Crippen molar-refractivity contribution in [1.82, 2.24) is 5.32 Å². The van der Waals surface area contributed by atoms with Crippen LogP contribution in [0.5, 0.6) is 11.7 Å². The summed E-state index contributed by atoms with van der Waals surface area (Å²) >= 11 is 0. The smallest absolute Gasteiger partial charge is 0.290 e. The third-order valence-electron chi connectivity index (χ3n) is 2.73. The van der Waals surface area contributed by atoms with Crippen LogP contribution in [0.25, 0.3) is 0 Å². The van der Waals surface area contributed by atoms with Crippen molar-refractivity contribution in [3.63, 3.8) is 0 Å². The molecule has 2 aromatic rings. The third kappa shape index (κ3) is 4.81. The zero-order valence-electron chi connectivity index (χ0n) is 12.0. The number of hydrogen-bond acceptors (Lipinski definition) is 4. The number of carbonyl (C=O) groups is 1. The van der Waals surface area contributed by atoms with Crippen LogP contribution in [0.15, 0.2) is 46.9 Å². The molecule has 0 aliphatic carbocycles. The van der Waals surface area contributed by atoms with Gasteiger partial charge in [-0.05, 0) is 32.0 Å². The molecule has 1 heterocycles. The number of rotatable bonds is 5. The Kier molecular flexibility index (Phi) is 5.81. The van der Waals surface area contributed by atoms with Crippen LogP contribution >= 0.6 is 12.4 Å². The Morgan fingerprint density at radius 1 is 1.24 bits per heavy atom. The van der Waals surface area contributed by atoms with E-state index in [2.05, 4.69) is 5.32 Å². The molecule has 3 N–H and O–H groups in total. The zero-order valence-corrected chi connectivity index (χ0v) is 12.8. The fourth-order valence-electron chi connectivity index (χ4n) is 1.52. The third-order valence-corrected chi connectivity index (χ3v) is 2.73. The maximum absolute atomic E-state index is 12.0. The second kappa shape index (κ2) is 7.15. The minimum Gasteiger partial charge on any atom is -0.426 e. The van der Waals surface area contributed by atoms with Crippen LogP contribution in [0.3, 0.4) is 0 Å². The van der Waals surface area contributed by atoms with Gasteiger partial charge in [0.25, 0.3) is 11.9 Å². The highest BCUT2D eigenvalue weighted by molar-refractivity contribution is 5.92. The van der Waals surface area contributed by atoms with Gasteiger partial charge in [-0.2, -0.15) is 0 Å². The highest BCUT2D eigenvalue weighted by Gasteiger charge is 2.21. The minimum absolute atomic E-state index is 0. The zero-order chi connectivity index (χ0) is 14.6. The second-order valence-electron chi connectivity index (χ2n) is 5.08. The van der Waals surface area contributed by atoms with Crippen molar-refractivity contribution in [3.05, 3.63) is 48.2 Å². The van der Waals surface area contributed by atoms with E-state index in [0.717, 1.165) is 0 Å². The van der Waals surface area contributed by atoms with E-state index in [1.54, 1.807) is 24.3 Å². The fraction of sp³-hybridized carbons (Fsp3) is 0.267. The van der Waals surface area contributed by atoms with Gasteiger partial charge >= 0.3 is 0 Å². The van der Waals surface area contributed by atoms with Crippen molar-refractivity contribution >= 4 is 18.3 Å². The van der Waals surface area contributed by atoms with Gasteiger partial charge in [0.2, 0.25) is 0 Å². The number of halogens is 1. The summed E-state index contributed by atoms with van der Waals surface area (Å²) in [5.41, 5.74) is 5.09. The summed E-state index contributed by atoms with van der Waals surface area (Å²) < 4.78 is 10.9. The van der Waals surface area contributed by atoms with Crippen LogP contribution in [0.2, 0.25) is 0 Å². The molecule has 6 heteroatoms. The number of para-hydroxylation sites is 1. The lowest BCUT2D eigenvalue weighted by Gasteiger charge is -2.23. The monoisotopic (exact) mass is 310 g/mol. The number of nitrogens with two attached hydrogens (primary N) is 1. The van der Waals surface area contributed by atoms with E-state index in [0.29, 0.717) is 12.3 Å². The van der Waals surface area contributed by atoms with Crippen molar-refractivity contribution in [2.45, 2.75) is 19.4 Å². The summed E-state index contributed by atoms with van der Waals surface area (Å²) in [5.74, 6) is 0.795. The molecule has 0 bridgehead atoms. The number of amides is 1. The summed E-state index contributed by atoms with van der Waals surface area (Å²) in [5, 5.41) is 2.79. The van der Waals surface area contributed by atoms with Gasteiger partial charge in [-0.3, -0.25) is 4.79 Å². The molecule has 0 fully saturated rings. The lowest BCUT2D eigenvalue weighted by atomic mass is 10.1. The summed E-state index contributed by atoms with van der Waals surface area (Å²) in [6.45, 7) is 4.03. The summed E-state index contributed by atoms with van der Waals surface area (Å²) in [6, 6.07) is 12.4. The van der Waals surface area contributed by atoms with Gasteiger partial charge in [-0.15, -0.1) is 12.4 Å².